The van der Waals surface area contributed by atoms with Crippen LogP contribution in [0.2, 0.25) is 0 Å². The molecule has 1 amide bonds. The normalized spacial score (nSPS) is 21.8. The van der Waals surface area contributed by atoms with Crippen LogP contribution in [-0.4, -0.2) is 53.0 Å². The molecule has 9 nitrogen and oxygen atoms in total. The van der Waals surface area contributed by atoms with Crippen molar-refractivity contribution in [3.05, 3.63) is 58.6 Å². The molecule has 172 valence electrons. The summed E-state index contributed by atoms with van der Waals surface area (Å²) in [4.78, 5) is 24.3. The molecule has 1 saturated heterocycles. The predicted molar refractivity (Wildman–Crippen MR) is 121 cm³/mol. The number of carbonyl (C=O) groups excluding carboxylic acids is 1. The third kappa shape index (κ3) is 5.14. The summed E-state index contributed by atoms with van der Waals surface area (Å²) in [6.07, 6.45) is -0.429. The second kappa shape index (κ2) is 9.19. The van der Waals surface area contributed by atoms with Gasteiger partial charge in [-0.25, -0.2) is 4.79 Å². The van der Waals surface area contributed by atoms with Gasteiger partial charge in [-0.15, -0.1) is 0 Å². The average Bonchev–Trinajstić information content (AvgIpc) is 2.95. The lowest BCUT2D eigenvalue weighted by atomic mass is 10.0. The van der Waals surface area contributed by atoms with Crippen molar-refractivity contribution in [2.45, 2.75) is 31.1 Å². The fraction of sp³-hybridized carbons (Fsp3) is 0.375. The lowest BCUT2D eigenvalue weighted by Gasteiger charge is -2.21. The van der Waals surface area contributed by atoms with E-state index in [1.54, 1.807) is 20.0 Å². The van der Waals surface area contributed by atoms with Crippen molar-refractivity contribution in [1.82, 2.24) is 15.2 Å². The van der Waals surface area contributed by atoms with Gasteiger partial charge in [0.1, 0.15) is 12.1 Å². The van der Waals surface area contributed by atoms with Gasteiger partial charge in [-0.05, 0) is 35.7 Å². The number of nitrogens with one attached hydrogen (secondary N) is 2. The third-order valence-corrected chi connectivity index (χ3v) is 5.71. The molecule has 4 rings (SSSR count). The van der Waals surface area contributed by atoms with Gasteiger partial charge in [-0.2, -0.15) is 5.26 Å². The number of β-amino-alcohol motifs (C(OH)–C–C–N with tert-alkyl or cyclic N) is 1. The molecule has 0 radical (unpaired) electrons. The van der Waals surface area contributed by atoms with E-state index in [9.17, 15) is 20.0 Å². The number of ether oxygens (including phenoxy) is 1. The SMILES string of the molecule is Cn1c(=O)oc2ccc(-c3ccc(C[C@@H](C#N)NC(=O)[C@@H]4CNC[C@](C)(O)CO4)cc3)cc21. The lowest BCUT2D eigenvalue weighted by Crippen LogP contribution is -2.46. The van der Waals surface area contributed by atoms with Crippen LogP contribution in [0.25, 0.3) is 22.2 Å². The molecule has 2 heterocycles. The van der Waals surface area contributed by atoms with Crippen molar-refractivity contribution >= 4 is 17.0 Å². The fourth-order valence-corrected chi connectivity index (χ4v) is 3.80. The molecule has 0 unspecified atom stereocenters. The first kappa shape index (κ1) is 22.7. The van der Waals surface area contributed by atoms with E-state index >= 15 is 0 Å². The first-order chi connectivity index (χ1) is 15.8. The molecule has 1 aliphatic rings. The molecule has 1 fully saturated rings. The Morgan fingerprint density at radius 1 is 1.33 bits per heavy atom. The number of fused-ring (bicyclic) bond motifs is 1. The smallest absolute Gasteiger partial charge is 0.408 e. The van der Waals surface area contributed by atoms with Gasteiger partial charge < -0.3 is 24.9 Å². The molecule has 9 heteroatoms. The third-order valence-electron chi connectivity index (χ3n) is 5.71. The van der Waals surface area contributed by atoms with Crippen molar-refractivity contribution in [3.8, 4) is 17.2 Å². The van der Waals surface area contributed by atoms with Gasteiger partial charge in [0, 0.05) is 26.6 Å². The molecular formula is C24H26N4O5. The summed E-state index contributed by atoms with van der Waals surface area (Å²) in [5, 5.41) is 25.3. The average molecular weight is 450 g/mol. The van der Waals surface area contributed by atoms with E-state index in [2.05, 4.69) is 16.7 Å². The van der Waals surface area contributed by atoms with Crippen molar-refractivity contribution in [2.24, 2.45) is 7.05 Å². The zero-order valence-corrected chi connectivity index (χ0v) is 18.5. The summed E-state index contributed by atoms with van der Waals surface area (Å²) < 4.78 is 12.2. The zero-order chi connectivity index (χ0) is 23.6. The number of benzene rings is 2. The van der Waals surface area contributed by atoms with Crippen molar-refractivity contribution < 1.29 is 19.1 Å². The Labute approximate surface area is 190 Å². The largest absolute Gasteiger partial charge is 0.419 e. The summed E-state index contributed by atoms with van der Waals surface area (Å²) >= 11 is 0. The highest BCUT2D eigenvalue weighted by Gasteiger charge is 2.30. The summed E-state index contributed by atoms with van der Waals surface area (Å²) in [7, 11) is 1.66. The van der Waals surface area contributed by atoms with Crippen molar-refractivity contribution in [3.63, 3.8) is 0 Å². The summed E-state index contributed by atoms with van der Waals surface area (Å²) in [6, 6.07) is 14.6. The molecule has 3 aromatic rings. The molecule has 1 aliphatic heterocycles. The van der Waals surface area contributed by atoms with Gasteiger partial charge in [0.25, 0.3) is 5.91 Å². The molecule has 0 saturated carbocycles. The van der Waals surface area contributed by atoms with Crippen molar-refractivity contribution in [2.75, 3.05) is 19.7 Å². The minimum atomic E-state index is -1.04. The van der Waals surface area contributed by atoms with Gasteiger partial charge in [-0.1, -0.05) is 30.3 Å². The van der Waals surface area contributed by atoms with Crippen LogP contribution in [-0.2, 0) is 23.0 Å². The molecule has 0 aliphatic carbocycles. The van der Waals surface area contributed by atoms with Crippen LogP contribution >= 0.6 is 0 Å². The Balaban J connectivity index is 1.41. The van der Waals surface area contributed by atoms with E-state index in [1.807, 2.05) is 36.4 Å². The Hall–Kier alpha value is -3.45. The van der Waals surface area contributed by atoms with Gasteiger partial charge in [0.2, 0.25) is 0 Å². The van der Waals surface area contributed by atoms with Crippen LogP contribution in [0.4, 0.5) is 0 Å². The maximum atomic E-state index is 12.6. The van der Waals surface area contributed by atoms with Gasteiger partial charge >= 0.3 is 5.76 Å². The molecule has 3 N–H and O–H groups in total. The fourth-order valence-electron chi connectivity index (χ4n) is 3.80. The number of rotatable bonds is 5. The molecule has 3 atom stereocenters. The van der Waals surface area contributed by atoms with Gasteiger partial charge in [-0.3, -0.25) is 9.36 Å². The second-order valence-corrected chi connectivity index (χ2v) is 8.63. The van der Waals surface area contributed by atoms with Crippen LogP contribution in [0, 0.1) is 11.3 Å². The van der Waals surface area contributed by atoms with Gasteiger partial charge in [0.15, 0.2) is 5.58 Å². The number of nitriles is 1. The Kier molecular flexibility index (Phi) is 6.33. The number of aromatic nitrogens is 1. The van der Waals surface area contributed by atoms with E-state index in [1.165, 1.54) is 4.57 Å². The van der Waals surface area contributed by atoms with Crippen LogP contribution in [0.15, 0.2) is 51.7 Å². The predicted octanol–water partition coefficient (Wildman–Crippen LogP) is 1.09. The Bertz CT molecular complexity index is 1250. The lowest BCUT2D eigenvalue weighted by molar-refractivity contribution is -0.135. The standard InChI is InChI=1S/C24H26N4O5/c1-24(31)13-26-12-21(32-14-24)22(29)27-18(11-25)9-15-3-5-16(6-4-15)17-7-8-20-19(10-17)28(2)23(30)33-20/h3-8,10,18,21,26,31H,9,12-14H2,1-2H3,(H,27,29)/t18-,21-,24-/m0/s1. The monoisotopic (exact) mass is 450 g/mol. The van der Waals surface area contributed by atoms with Gasteiger partial charge in [0.05, 0.1) is 23.8 Å². The zero-order valence-electron chi connectivity index (χ0n) is 18.5. The number of nitrogens with zero attached hydrogens (tertiary/aromatic N) is 2. The minimum Gasteiger partial charge on any atom is -0.408 e. The van der Waals surface area contributed by atoms with Crippen LogP contribution in [0.3, 0.4) is 0 Å². The number of carbonyl (C=O) groups is 1. The highest BCUT2D eigenvalue weighted by molar-refractivity contribution is 5.82. The number of hydrogen-bond acceptors (Lipinski definition) is 7. The van der Waals surface area contributed by atoms with E-state index in [4.69, 9.17) is 9.15 Å². The molecule has 33 heavy (non-hydrogen) atoms. The molecule has 2 aromatic carbocycles. The summed E-state index contributed by atoms with van der Waals surface area (Å²) in [5.74, 6) is -0.792. The number of oxazole rings is 1. The maximum absolute atomic E-state index is 12.6. The molecule has 0 spiro atoms. The van der Waals surface area contributed by atoms with Crippen LogP contribution in [0.1, 0.15) is 12.5 Å². The first-order valence-electron chi connectivity index (χ1n) is 10.7. The number of amides is 1. The quantitative estimate of drug-likeness (QED) is 0.531. The highest BCUT2D eigenvalue weighted by atomic mass is 16.5. The summed E-state index contributed by atoms with van der Waals surface area (Å²) in [6.45, 7) is 2.27. The van der Waals surface area contributed by atoms with E-state index in [0.29, 0.717) is 24.1 Å². The van der Waals surface area contributed by atoms with E-state index in [-0.39, 0.29) is 19.1 Å². The van der Waals surface area contributed by atoms with Crippen LogP contribution < -0.4 is 16.4 Å². The number of hydrogen-bond donors (Lipinski definition) is 3. The molecular weight excluding hydrogens is 424 g/mol. The Morgan fingerprint density at radius 2 is 2.06 bits per heavy atom. The second-order valence-electron chi connectivity index (χ2n) is 8.63. The van der Waals surface area contributed by atoms with Crippen LogP contribution in [0.5, 0.6) is 0 Å². The molecule has 1 aromatic heterocycles. The van der Waals surface area contributed by atoms with Crippen molar-refractivity contribution in [1.29, 1.82) is 5.26 Å². The molecule has 0 bridgehead atoms. The summed E-state index contributed by atoms with van der Waals surface area (Å²) in [5.41, 5.74) is 2.99. The van der Waals surface area contributed by atoms with E-state index in [0.717, 1.165) is 16.7 Å². The first-order valence-corrected chi connectivity index (χ1v) is 10.7. The Morgan fingerprint density at radius 3 is 2.79 bits per heavy atom. The number of aryl methyl sites for hydroxylation is 1. The topological polar surface area (TPSA) is 130 Å². The minimum absolute atomic E-state index is 0.0372. The van der Waals surface area contributed by atoms with E-state index < -0.39 is 23.5 Å². The number of aliphatic hydroxyl groups is 1. The maximum Gasteiger partial charge on any atom is 0.419 e. The highest BCUT2D eigenvalue weighted by Crippen LogP contribution is 2.24.